The molecule has 0 fully saturated rings. The van der Waals surface area contributed by atoms with E-state index in [4.69, 9.17) is 20.4 Å². The van der Waals surface area contributed by atoms with Crippen LogP contribution < -0.4 is 9.80 Å². The van der Waals surface area contributed by atoms with E-state index in [1.807, 2.05) is 48.5 Å². The maximum Gasteiger partial charge on any atom is 0.113 e. The highest BCUT2D eigenvalue weighted by Gasteiger charge is 2.19. The standard InChI is InChI=1S/C62H42N8/c1-3-18-55-45(12-1)14-10-24-61(55)67(51-34-38-53(39-35-51)69-63-57-20-5-6-21-58(57)64-69)49-30-26-43(27-31-49)47-16-9-17-48(42-47)44-28-32-50(33-29-44)68(62-25-11-15-46-13-2-4-19-56(46)62)52-36-40-54(41-37-52)70-65-59-22-7-8-23-60(59)66-70/h1-42H. The number of fused-ring (bicyclic) bond motifs is 4. The molecule has 11 aromatic carbocycles. The average Bonchev–Trinajstić information content (AvgIpc) is 4.08. The van der Waals surface area contributed by atoms with Crippen molar-refractivity contribution in [1.29, 1.82) is 0 Å². The number of hydrogen-bond donors (Lipinski definition) is 0. The second-order valence-corrected chi connectivity index (χ2v) is 17.3. The van der Waals surface area contributed by atoms with E-state index in [-0.39, 0.29) is 0 Å². The van der Waals surface area contributed by atoms with E-state index in [0.29, 0.717) is 0 Å². The van der Waals surface area contributed by atoms with Crippen LogP contribution in [0.3, 0.4) is 0 Å². The zero-order valence-electron chi connectivity index (χ0n) is 37.8. The van der Waals surface area contributed by atoms with Gasteiger partial charge in [0.2, 0.25) is 0 Å². The Balaban J connectivity index is 0.815. The first-order valence-corrected chi connectivity index (χ1v) is 23.4. The Kier molecular flexibility index (Phi) is 9.98. The molecular formula is C62H42N8. The monoisotopic (exact) mass is 898 g/mol. The van der Waals surface area contributed by atoms with Crippen molar-refractivity contribution in [3.05, 3.63) is 255 Å². The van der Waals surface area contributed by atoms with Gasteiger partial charge in [0.1, 0.15) is 22.1 Å². The van der Waals surface area contributed by atoms with Crippen molar-refractivity contribution in [2.24, 2.45) is 0 Å². The van der Waals surface area contributed by atoms with E-state index >= 15 is 0 Å². The third-order valence-electron chi connectivity index (χ3n) is 13.0. The molecule has 330 valence electrons. The number of anilines is 6. The van der Waals surface area contributed by atoms with Crippen molar-refractivity contribution in [1.82, 2.24) is 30.0 Å². The molecule has 0 bridgehead atoms. The Morgan fingerprint density at radius 3 is 0.957 bits per heavy atom. The average molecular weight is 899 g/mol. The van der Waals surface area contributed by atoms with Crippen LogP contribution in [0.2, 0.25) is 0 Å². The van der Waals surface area contributed by atoms with Crippen molar-refractivity contribution in [2.45, 2.75) is 0 Å². The molecule has 0 saturated carbocycles. The molecule has 0 aliphatic heterocycles. The van der Waals surface area contributed by atoms with E-state index in [2.05, 4.69) is 216 Å². The summed E-state index contributed by atoms with van der Waals surface area (Å²) in [6.07, 6.45) is 0. The first-order valence-electron chi connectivity index (χ1n) is 23.4. The normalized spacial score (nSPS) is 11.4. The van der Waals surface area contributed by atoms with E-state index in [9.17, 15) is 0 Å². The van der Waals surface area contributed by atoms with Gasteiger partial charge in [0, 0.05) is 33.5 Å². The van der Waals surface area contributed by atoms with Crippen LogP contribution in [0.1, 0.15) is 0 Å². The Labute approximate surface area is 404 Å². The molecule has 0 atom stereocenters. The molecule has 0 saturated heterocycles. The van der Waals surface area contributed by atoms with E-state index in [1.165, 1.54) is 21.5 Å². The molecule has 70 heavy (non-hydrogen) atoms. The minimum absolute atomic E-state index is 0.865. The van der Waals surface area contributed by atoms with Crippen molar-refractivity contribution >= 4 is 77.7 Å². The predicted molar refractivity (Wildman–Crippen MR) is 287 cm³/mol. The van der Waals surface area contributed by atoms with Crippen LogP contribution in [-0.4, -0.2) is 30.0 Å². The van der Waals surface area contributed by atoms with Crippen molar-refractivity contribution < 1.29 is 0 Å². The zero-order valence-corrected chi connectivity index (χ0v) is 37.8. The van der Waals surface area contributed by atoms with Crippen LogP contribution in [-0.2, 0) is 0 Å². The minimum atomic E-state index is 0.865. The third-order valence-corrected chi connectivity index (χ3v) is 13.0. The van der Waals surface area contributed by atoms with E-state index < -0.39 is 0 Å². The molecule has 8 heteroatoms. The van der Waals surface area contributed by atoms with Gasteiger partial charge in [0.15, 0.2) is 0 Å². The minimum Gasteiger partial charge on any atom is -0.310 e. The summed E-state index contributed by atoms with van der Waals surface area (Å²) in [5.41, 5.74) is 16.2. The Morgan fingerprint density at radius 1 is 0.257 bits per heavy atom. The molecule has 2 aromatic heterocycles. The van der Waals surface area contributed by atoms with Gasteiger partial charge >= 0.3 is 0 Å². The number of hydrogen-bond acceptors (Lipinski definition) is 6. The molecule has 0 amide bonds. The Hall–Kier alpha value is -9.66. The number of rotatable bonds is 10. The second-order valence-electron chi connectivity index (χ2n) is 17.3. The summed E-state index contributed by atoms with van der Waals surface area (Å²) in [4.78, 5) is 8.07. The van der Waals surface area contributed by atoms with Crippen LogP contribution in [0, 0.1) is 0 Å². The maximum atomic E-state index is 4.72. The van der Waals surface area contributed by atoms with Crippen LogP contribution in [0.5, 0.6) is 0 Å². The Morgan fingerprint density at radius 2 is 0.571 bits per heavy atom. The van der Waals surface area contributed by atoms with Gasteiger partial charge in [-0.25, -0.2) is 0 Å². The van der Waals surface area contributed by atoms with Crippen LogP contribution in [0.4, 0.5) is 34.1 Å². The fourth-order valence-electron chi connectivity index (χ4n) is 9.57. The fourth-order valence-corrected chi connectivity index (χ4v) is 9.57. The van der Waals surface area contributed by atoms with Crippen LogP contribution >= 0.6 is 0 Å². The molecule has 2 heterocycles. The van der Waals surface area contributed by atoms with Gasteiger partial charge in [-0.15, -0.1) is 20.4 Å². The molecule has 0 radical (unpaired) electrons. The lowest BCUT2D eigenvalue weighted by Crippen LogP contribution is -2.11. The second kappa shape index (κ2) is 17.2. The zero-order chi connectivity index (χ0) is 46.4. The quantitative estimate of drug-likeness (QED) is 0.136. The van der Waals surface area contributed by atoms with Gasteiger partial charge in [0.05, 0.1) is 22.7 Å². The van der Waals surface area contributed by atoms with Gasteiger partial charge < -0.3 is 9.80 Å². The van der Waals surface area contributed by atoms with Gasteiger partial charge in [-0.05, 0) is 148 Å². The molecule has 0 aliphatic rings. The smallest absolute Gasteiger partial charge is 0.113 e. The highest BCUT2D eigenvalue weighted by molar-refractivity contribution is 6.00. The predicted octanol–water partition coefficient (Wildman–Crippen LogP) is 15.7. The summed E-state index contributed by atoms with van der Waals surface area (Å²) < 4.78 is 0. The first kappa shape index (κ1) is 40.6. The Bertz CT molecular complexity index is 3670. The maximum absolute atomic E-state index is 4.72. The fraction of sp³-hybridized carbons (Fsp3) is 0. The largest absolute Gasteiger partial charge is 0.310 e. The number of nitrogens with zero attached hydrogens (tertiary/aromatic N) is 8. The topological polar surface area (TPSA) is 67.9 Å². The molecule has 8 nitrogen and oxygen atoms in total. The highest BCUT2D eigenvalue weighted by atomic mass is 15.5. The lowest BCUT2D eigenvalue weighted by Gasteiger charge is -2.27. The molecular weight excluding hydrogens is 857 g/mol. The van der Waals surface area contributed by atoms with Crippen LogP contribution in [0.15, 0.2) is 255 Å². The third kappa shape index (κ3) is 7.46. The first-order chi connectivity index (χ1) is 34.7. The van der Waals surface area contributed by atoms with Gasteiger partial charge in [-0.1, -0.05) is 140 Å². The summed E-state index contributed by atoms with van der Waals surface area (Å²) in [6.45, 7) is 0. The molecule has 0 unspecified atom stereocenters. The number of aromatic nitrogens is 6. The summed E-state index contributed by atoms with van der Waals surface area (Å²) >= 11 is 0. The van der Waals surface area contributed by atoms with Crippen molar-refractivity contribution in [3.63, 3.8) is 0 Å². The summed E-state index contributed by atoms with van der Waals surface area (Å²) in [5.74, 6) is 0. The molecule has 0 N–H and O–H groups in total. The summed E-state index contributed by atoms with van der Waals surface area (Å²) in [7, 11) is 0. The van der Waals surface area contributed by atoms with Gasteiger partial charge in [-0.3, -0.25) is 0 Å². The molecule has 0 spiro atoms. The molecule has 13 rings (SSSR count). The van der Waals surface area contributed by atoms with Crippen LogP contribution in [0.25, 0.3) is 77.2 Å². The summed E-state index contributed by atoms with van der Waals surface area (Å²) in [5, 5.41) is 23.6. The van der Waals surface area contributed by atoms with Crippen molar-refractivity contribution in [3.8, 4) is 33.6 Å². The van der Waals surface area contributed by atoms with E-state index in [0.717, 1.165) is 89.8 Å². The summed E-state index contributed by atoms with van der Waals surface area (Å²) in [6, 6.07) is 89.5. The molecule has 0 aliphatic carbocycles. The highest BCUT2D eigenvalue weighted by Crippen LogP contribution is 2.42. The molecule has 13 aromatic rings. The van der Waals surface area contributed by atoms with E-state index in [1.54, 1.807) is 9.59 Å². The SMILES string of the molecule is c1cc(-c2ccc(N(c3ccc(-n4nc5ccccc5n4)cc3)c3cccc4ccccc34)cc2)cc(-c2ccc(N(c3ccc(-n4nc5ccccc5n4)cc3)c3cccc4ccccc34)cc2)c1. The lowest BCUT2D eigenvalue weighted by molar-refractivity contribution is 0.765. The lowest BCUT2D eigenvalue weighted by atomic mass is 9.98. The van der Waals surface area contributed by atoms with Crippen molar-refractivity contribution in [2.75, 3.05) is 9.80 Å². The number of benzene rings is 11. The van der Waals surface area contributed by atoms with Gasteiger partial charge in [-0.2, -0.15) is 9.59 Å². The van der Waals surface area contributed by atoms with Gasteiger partial charge in [0.25, 0.3) is 0 Å².